The predicted octanol–water partition coefficient (Wildman–Crippen LogP) is 5.06. The number of rotatable bonds is 5. The number of anilines is 1. The molecule has 0 aromatic carbocycles. The van der Waals surface area contributed by atoms with Gasteiger partial charge in [0.05, 0.1) is 0 Å². The van der Waals surface area contributed by atoms with Gasteiger partial charge < -0.3 is 20.3 Å². The first-order valence-corrected chi connectivity index (χ1v) is 11.3. The van der Waals surface area contributed by atoms with Crippen molar-refractivity contribution in [2.45, 2.75) is 78.7 Å². The molecule has 0 aliphatic carbocycles. The fraction of sp³-hybridized carbons (Fsp3) is 0.625. The first-order valence-electron chi connectivity index (χ1n) is 11.3. The molecule has 1 aromatic rings. The number of carbonyl (C=O) groups is 2. The van der Waals surface area contributed by atoms with Gasteiger partial charge in [0, 0.05) is 26.3 Å². The number of amides is 2. The van der Waals surface area contributed by atoms with E-state index in [1.54, 1.807) is 11.9 Å². The van der Waals surface area contributed by atoms with Crippen molar-refractivity contribution >= 4 is 17.8 Å². The second-order valence-electron chi connectivity index (χ2n) is 8.66. The van der Waals surface area contributed by atoms with E-state index in [-0.39, 0.29) is 12.0 Å². The average molecular weight is 433 g/mol. The summed E-state index contributed by atoms with van der Waals surface area (Å²) in [5.74, 6) is 0.838. The number of ether oxygens (including phenoxy) is 1. The molecule has 174 valence electrons. The van der Waals surface area contributed by atoms with Crippen LogP contribution in [0.3, 0.4) is 0 Å². The van der Waals surface area contributed by atoms with Crippen molar-refractivity contribution in [3.05, 3.63) is 35.7 Å². The van der Waals surface area contributed by atoms with Gasteiger partial charge in [0.1, 0.15) is 17.1 Å². The van der Waals surface area contributed by atoms with E-state index in [1.807, 2.05) is 52.1 Å². The highest BCUT2D eigenvalue weighted by Crippen LogP contribution is 2.29. The monoisotopic (exact) mass is 432 g/mol. The van der Waals surface area contributed by atoms with Crippen molar-refractivity contribution < 1.29 is 14.3 Å². The minimum atomic E-state index is -0.472. The Bertz CT molecular complexity index is 715. The second kappa shape index (κ2) is 13.0. The van der Waals surface area contributed by atoms with E-state index >= 15 is 0 Å². The van der Waals surface area contributed by atoms with Gasteiger partial charge in [0.2, 0.25) is 0 Å². The number of aromatic nitrogens is 1. The molecule has 0 unspecified atom stereocenters. The van der Waals surface area contributed by atoms with Crippen LogP contribution in [0.15, 0.2) is 30.1 Å². The third-order valence-corrected chi connectivity index (χ3v) is 4.55. The Labute approximate surface area is 187 Å². The van der Waals surface area contributed by atoms with E-state index < -0.39 is 5.60 Å². The van der Waals surface area contributed by atoms with Gasteiger partial charge in [-0.15, -0.1) is 0 Å². The van der Waals surface area contributed by atoms with Crippen molar-refractivity contribution in [2.75, 3.05) is 25.5 Å². The molecule has 1 fully saturated rings. The quantitative estimate of drug-likeness (QED) is 0.635. The van der Waals surface area contributed by atoms with Gasteiger partial charge in [-0.05, 0) is 57.6 Å². The van der Waals surface area contributed by atoms with Crippen molar-refractivity contribution in [3.8, 4) is 0 Å². The highest BCUT2D eigenvalue weighted by Gasteiger charge is 2.27. The van der Waals surface area contributed by atoms with Crippen LogP contribution < -0.4 is 10.6 Å². The number of hydrogen-bond donors (Lipinski definition) is 2. The molecule has 7 nitrogen and oxygen atoms in total. The number of pyridine rings is 1. The van der Waals surface area contributed by atoms with E-state index in [1.165, 1.54) is 6.42 Å². The number of hydrogen-bond acceptors (Lipinski definition) is 5. The number of carbonyl (C=O) groups excluding carboxylic acids is 2. The minimum absolute atomic E-state index is 0.165. The molecule has 2 rings (SSSR count). The summed E-state index contributed by atoms with van der Waals surface area (Å²) in [5, 5.41) is 5.69. The first-order chi connectivity index (χ1) is 14.6. The normalized spacial score (nSPS) is 14.9. The van der Waals surface area contributed by atoms with Crippen LogP contribution in [0.1, 0.15) is 78.7 Å². The molecular formula is C24H40N4O3. The van der Waals surface area contributed by atoms with E-state index in [0.29, 0.717) is 30.5 Å². The fourth-order valence-corrected chi connectivity index (χ4v) is 3.12. The number of allylic oxidation sites excluding steroid dienone is 1. The smallest absolute Gasteiger partial charge is 0.410 e. The van der Waals surface area contributed by atoms with Crippen molar-refractivity contribution in [3.63, 3.8) is 0 Å². The van der Waals surface area contributed by atoms with Gasteiger partial charge in [0.15, 0.2) is 0 Å². The molecule has 31 heavy (non-hydrogen) atoms. The number of nitrogens with one attached hydrogen (secondary N) is 2. The highest BCUT2D eigenvalue weighted by atomic mass is 16.6. The fourth-order valence-electron chi connectivity index (χ4n) is 3.12. The van der Waals surface area contributed by atoms with Crippen molar-refractivity contribution in [1.29, 1.82) is 0 Å². The molecule has 0 saturated carbocycles. The Morgan fingerprint density at radius 3 is 2.26 bits per heavy atom. The zero-order valence-corrected chi connectivity index (χ0v) is 20.2. The third-order valence-electron chi connectivity index (χ3n) is 4.55. The molecule has 2 heterocycles. The van der Waals surface area contributed by atoms with Crippen LogP contribution in [0.4, 0.5) is 10.6 Å². The van der Waals surface area contributed by atoms with Gasteiger partial charge in [0.25, 0.3) is 5.91 Å². The lowest BCUT2D eigenvalue weighted by Crippen LogP contribution is -2.41. The second-order valence-corrected chi connectivity index (χ2v) is 8.66. The maximum atomic E-state index is 12.2. The molecule has 7 heteroatoms. The summed E-state index contributed by atoms with van der Waals surface area (Å²) < 4.78 is 5.45. The molecular weight excluding hydrogens is 392 g/mol. The zero-order chi connectivity index (χ0) is 23.4. The van der Waals surface area contributed by atoms with Gasteiger partial charge in [-0.3, -0.25) is 4.79 Å². The van der Waals surface area contributed by atoms with Crippen LogP contribution in [0.5, 0.6) is 0 Å². The zero-order valence-electron chi connectivity index (χ0n) is 20.2. The molecule has 1 aromatic heterocycles. The van der Waals surface area contributed by atoms with E-state index in [0.717, 1.165) is 24.8 Å². The van der Waals surface area contributed by atoms with Crippen molar-refractivity contribution in [2.24, 2.45) is 0 Å². The summed E-state index contributed by atoms with van der Waals surface area (Å²) >= 11 is 0. The molecule has 0 bridgehead atoms. The van der Waals surface area contributed by atoms with Gasteiger partial charge in [-0.1, -0.05) is 39.3 Å². The molecule has 0 atom stereocenters. The molecule has 2 amide bonds. The van der Waals surface area contributed by atoms with Gasteiger partial charge in [-0.25, -0.2) is 9.78 Å². The summed E-state index contributed by atoms with van der Waals surface area (Å²) in [6.07, 6.45) is 7.21. The molecule has 0 spiro atoms. The molecule has 0 radical (unpaired) electrons. The Kier molecular flexibility index (Phi) is 11.1. The van der Waals surface area contributed by atoms with E-state index in [9.17, 15) is 9.59 Å². The minimum Gasteiger partial charge on any atom is -0.444 e. The third kappa shape index (κ3) is 9.40. The standard InChI is InChI=1S/C21H32N4O3.C3H8/c1-6-7-17(19(26)22-5)24-18-9-8-16(14-23-18)15-10-12-25(13-11-15)20(27)28-21(2,3)4;1-3-2/h7-9,14-15H,6,10-13H2,1-5H3,(H,22,26)(H,23,24);3H2,1-2H3/b17-7+;. The van der Waals surface area contributed by atoms with Crippen LogP contribution in [0, 0.1) is 0 Å². The number of piperidine rings is 1. The van der Waals surface area contributed by atoms with Gasteiger partial charge in [-0.2, -0.15) is 0 Å². The van der Waals surface area contributed by atoms with Crippen LogP contribution in [-0.2, 0) is 9.53 Å². The first kappa shape index (κ1) is 26.5. The topological polar surface area (TPSA) is 83.6 Å². The lowest BCUT2D eigenvalue weighted by atomic mass is 9.90. The molecule has 1 aliphatic rings. The Hall–Kier alpha value is -2.57. The summed E-state index contributed by atoms with van der Waals surface area (Å²) in [6, 6.07) is 3.93. The Morgan fingerprint density at radius 2 is 1.81 bits per heavy atom. The maximum absolute atomic E-state index is 12.2. The summed E-state index contributed by atoms with van der Waals surface area (Å²) in [7, 11) is 1.60. The average Bonchev–Trinajstić information content (AvgIpc) is 2.73. The SMILES string of the molecule is CC/C=C(/Nc1ccc(C2CCN(C(=O)OC(C)(C)C)CC2)cn1)C(=O)NC.CCC. The number of likely N-dealkylation sites (N-methyl/N-ethyl adjacent to an activating group) is 1. The highest BCUT2D eigenvalue weighted by molar-refractivity contribution is 5.95. The maximum Gasteiger partial charge on any atom is 0.410 e. The van der Waals surface area contributed by atoms with Crippen LogP contribution in [0.25, 0.3) is 0 Å². The number of nitrogens with zero attached hydrogens (tertiary/aromatic N) is 2. The number of likely N-dealkylation sites (tertiary alicyclic amines) is 1. The summed E-state index contributed by atoms with van der Waals surface area (Å²) in [6.45, 7) is 13.2. The largest absolute Gasteiger partial charge is 0.444 e. The summed E-state index contributed by atoms with van der Waals surface area (Å²) in [4.78, 5) is 30.3. The lowest BCUT2D eigenvalue weighted by Gasteiger charge is -2.33. The van der Waals surface area contributed by atoms with Crippen LogP contribution >= 0.6 is 0 Å². The molecule has 2 N–H and O–H groups in total. The van der Waals surface area contributed by atoms with E-state index in [2.05, 4.69) is 29.5 Å². The van der Waals surface area contributed by atoms with Gasteiger partial charge >= 0.3 is 6.09 Å². The molecule has 1 saturated heterocycles. The van der Waals surface area contributed by atoms with Crippen LogP contribution in [-0.4, -0.2) is 47.6 Å². The molecule has 1 aliphatic heterocycles. The predicted molar refractivity (Wildman–Crippen MR) is 126 cm³/mol. The summed E-state index contributed by atoms with van der Waals surface area (Å²) in [5.41, 5.74) is 1.17. The Balaban J connectivity index is 0.00000151. The van der Waals surface area contributed by atoms with E-state index in [4.69, 9.17) is 4.74 Å². The lowest BCUT2D eigenvalue weighted by molar-refractivity contribution is -0.116. The Morgan fingerprint density at radius 1 is 1.19 bits per heavy atom. The van der Waals surface area contributed by atoms with Crippen LogP contribution in [0.2, 0.25) is 0 Å². The van der Waals surface area contributed by atoms with Crippen molar-refractivity contribution in [1.82, 2.24) is 15.2 Å².